The monoisotopic (exact) mass is 419 g/mol. The summed E-state index contributed by atoms with van der Waals surface area (Å²) < 4.78 is 1.26. The first kappa shape index (κ1) is 27.7. The summed E-state index contributed by atoms with van der Waals surface area (Å²) in [5.74, 6) is 0. The number of nitrogens with zero attached hydrogens (tertiary/aromatic N) is 1. The van der Waals surface area contributed by atoms with Gasteiger partial charge in [0.05, 0.1) is 26.7 Å². The number of quaternary nitrogens is 1. The number of hydrogen-bond acceptors (Lipinski definition) is 0. The molecule has 0 amide bonds. The Kier molecular flexibility index (Phi) is 23.0. The highest BCUT2D eigenvalue weighted by atomic mass is 79.9. The maximum Gasteiger partial charge on any atom is 0.0784 e. The standard InChI is InChI=1S/C23H50N.BrH/c1-5-8-9-10-11-12-13-14-15-16-17-18-19-20-21-22-23-24(4,6-2)7-3;/h5-23H2,1-4H3;1H/q+1;/p-1. The topological polar surface area (TPSA) is 0 Å². The normalized spacial score (nSPS) is 11.5. The molecular formula is C23H50BrN. The number of halogens is 1. The number of rotatable bonds is 19. The number of hydrogen-bond donors (Lipinski definition) is 0. The molecule has 0 aromatic heterocycles. The molecule has 0 radical (unpaired) electrons. The summed E-state index contributed by atoms with van der Waals surface area (Å²) in [6.45, 7) is 10.9. The van der Waals surface area contributed by atoms with Crippen LogP contribution in [0, 0.1) is 0 Å². The van der Waals surface area contributed by atoms with E-state index in [1.807, 2.05) is 0 Å². The van der Waals surface area contributed by atoms with Crippen molar-refractivity contribution in [2.45, 2.75) is 124 Å². The van der Waals surface area contributed by atoms with Crippen molar-refractivity contribution in [2.24, 2.45) is 0 Å². The molecule has 0 heterocycles. The zero-order valence-corrected chi connectivity index (χ0v) is 19.8. The van der Waals surface area contributed by atoms with Crippen molar-refractivity contribution in [3.05, 3.63) is 0 Å². The van der Waals surface area contributed by atoms with Crippen LogP contribution < -0.4 is 17.0 Å². The van der Waals surface area contributed by atoms with Crippen LogP contribution in [-0.2, 0) is 0 Å². The summed E-state index contributed by atoms with van der Waals surface area (Å²) >= 11 is 0. The molecule has 0 rings (SSSR count). The summed E-state index contributed by atoms with van der Waals surface area (Å²) in [5.41, 5.74) is 0. The first-order valence-corrected chi connectivity index (χ1v) is 11.5. The van der Waals surface area contributed by atoms with Crippen LogP contribution in [-0.4, -0.2) is 31.2 Å². The SMILES string of the molecule is CCCCCCCCCCCCCCCCCC[N+](C)(CC)CC.[Br-]. The van der Waals surface area contributed by atoms with Crippen molar-refractivity contribution in [3.63, 3.8) is 0 Å². The molecule has 0 aliphatic carbocycles. The van der Waals surface area contributed by atoms with Crippen LogP contribution in [0.25, 0.3) is 0 Å². The number of unbranched alkanes of at least 4 members (excludes halogenated alkanes) is 15. The summed E-state index contributed by atoms with van der Waals surface area (Å²) in [4.78, 5) is 0. The highest BCUT2D eigenvalue weighted by molar-refractivity contribution is 4.50. The third kappa shape index (κ3) is 19.0. The second-order valence-corrected chi connectivity index (χ2v) is 8.28. The van der Waals surface area contributed by atoms with E-state index in [2.05, 4.69) is 27.8 Å². The van der Waals surface area contributed by atoms with Crippen molar-refractivity contribution < 1.29 is 21.5 Å². The first-order valence-electron chi connectivity index (χ1n) is 11.5. The molecule has 25 heavy (non-hydrogen) atoms. The Morgan fingerprint density at radius 3 is 1.00 bits per heavy atom. The van der Waals surface area contributed by atoms with E-state index in [-0.39, 0.29) is 17.0 Å². The molecule has 0 N–H and O–H groups in total. The minimum absolute atomic E-state index is 0. The predicted octanol–water partition coefficient (Wildman–Crippen LogP) is 4.74. The summed E-state index contributed by atoms with van der Waals surface area (Å²) in [6.07, 6.45) is 23.4. The summed E-state index contributed by atoms with van der Waals surface area (Å²) in [5, 5.41) is 0. The summed E-state index contributed by atoms with van der Waals surface area (Å²) in [6, 6.07) is 0. The van der Waals surface area contributed by atoms with Gasteiger partial charge in [-0.3, -0.25) is 0 Å². The van der Waals surface area contributed by atoms with Gasteiger partial charge in [0.15, 0.2) is 0 Å². The average molecular weight is 421 g/mol. The molecule has 0 fully saturated rings. The molecule has 1 nitrogen and oxygen atoms in total. The van der Waals surface area contributed by atoms with Crippen molar-refractivity contribution in [3.8, 4) is 0 Å². The van der Waals surface area contributed by atoms with Crippen molar-refractivity contribution in [1.82, 2.24) is 0 Å². The molecular weight excluding hydrogens is 370 g/mol. The largest absolute Gasteiger partial charge is 1.00 e. The molecule has 0 aliphatic heterocycles. The molecule has 0 bridgehead atoms. The smallest absolute Gasteiger partial charge is 0.0784 e. The van der Waals surface area contributed by atoms with E-state index < -0.39 is 0 Å². The van der Waals surface area contributed by atoms with Gasteiger partial charge < -0.3 is 21.5 Å². The molecule has 0 saturated carbocycles. The van der Waals surface area contributed by atoms with E-state index in [1.165, 1.54) is 127 Å². The van der Waals surface area contributed by atoms with Gasteiger partial charge in [-0.1, -0.05) is 96.8 Å². The van der Waals surface area contributed by atoms with Crippen LogP contribution in [0.3, 0.4) is 0 Å². The lowest BCUT2D eigenvalue weighted by Gasteiger charge is -2.32. The fourth-order valence-electron chi connectivity index (χ4n) is 3.58. The van der Waals surface area contributed by atoms with Crippen LogP contribution in [0.5, 0.6) is 0 Å². The van der Waals surface area contributed by atoms with Gasteiger partial charge in [-0.25, -0.2) is 0 Å². The molecule has 154 valence electrons. The van der Waals surface area contributed by atoms with Gasteiger partial charge in [0, 0.05) is 0 Å². The molecule has 0 aliphatic rings. The highest BCUT2D eigenvalue weighted by Gasteiger charge is 2.14. The van der Waals surface area contributed by atoms with Gasteiger partial charge in [0.1, 0.15) is 0 Å². The van der Waals surface area contributed by atoms with E-state index >= 15 is 0 Å². The lowest BCUT2D eigenvalue weighted by atomic mass is 10.0. The van der Waals surface area contributed by atoms with E-state index in [1.54, 1.807) is 0 Å². The lowest BCUT2D eigenvalue weighted by molar-refractivity contribution is -0.906. The maximum atomic E-state index is 2.41. The van der Waals surface area contributed by atoms with E-state index in [0.717, 1.165) is 0 Å². The van der Waals surface area contributed by atoms with E-state index in [9.17, 15) is 0 Å². The van der Waals surface area contributed by atoms with Crippen LogP contribution in [0.4, 0.5) is 0 Å². The second kappa shape index (κ2) is 20.7. The zero-order chi connectivity index (χ0) is 17.9. The maximum absolute atomic E-state index is 2.41. The Morgan fingerprint density at radius 1 is 0.440 bits per heavy atom. The molecule has 0 unspecified atom stereocenters. The average Bonchev–Trinajstić information content (AvgIpc) is 2.61. The van der Waals surface area contributed by atoms with Gasteiger partial charge in [-0.15, -0.1) is 0 Å². The zero-order valence-electron chi connectivity index (χ0n) is 18.3. The van der Waals surface area contributed by atoms with E-state index in [0.29, 0.717) is 0 Å². The predicted molar refractivity (Wildman–Crippen MR) is 112 cm³/mol. The van der Waals surface area contributed by atoms with Crippen molar-refractivity contribution in [1.29, 1.82) is 0 Å². The van der Waals surface area contributed by atoms with Gasteiger partial charge in [0.2, 0.25) is 0 Å². The van der Waals surface area contributed by atoms with Crippen LogP contribution in [0.2, 0.25) is 0 Å². The van der Waals surface area contributed by atoms with Gasteiger partial charge in [0.25, 0.3) is 0 Å². The molecule has 0 aromatic rings. The van der Waals surface area contributed by atoms with Gasteiger partial charge >= 0.3 is 0 Å². The second-order valence-electron chi connectivity index (χ2n) is 8.28. The Labute approximate surface area is 171 Å². The highest BCUT2D eigenvalue weighted by Crippen LogP contribution is 2.14. The van der Waals surface area contributed by atoms with Crippen LogP contribution in [0.15, 0.2) is 0 Å². The first-order chi connectivity index (χ1) is 11.7. The fraction of sp³-hybridized carbons (Fsp3) is 1.00. The Hall–Kier alpha value is 0.440. The Morgan fingerprint density at radius 2 is 0.720 bits per heavy atom. The van der Waals surface area contributed by atoms with Gasteiger partial charge in [-0.05, 0) is 26.7 Å². The van der Waals surface area contributed by atoms with E-state index in [4.69, 9.17) is 0 Å². The minimum atomic E-state index is 0. The molecule has 0 atom stereocenters. The molecule has 0 spiro atoms. The fourth-order valence-corrected chi connectivity index (χ4v) is 3.58. The molecule has 0 saturated heterocycles. The molecule has 2 heteroatoms. The van der Waals surface area contributed by atoms with Crippen molar-refractivity contribution >= 4 is 0 Å². The van der Waals surface area contributed by atoms with Crippen molar-refractivity contribution in [2.75, 3.05) is 26.7 Å². The van der Waals surface area contributed by atoms with Crippen LogP contribution in [0.1, 0.15) is 124 Å². The lowest BCUT2D eigenvalue weighted by Crippen LogP contribution is -3.00. The van der Waals surface area contributed by atoms with Crippen LogP contribution >= 0.6 is 0 Å². The molecule has 0 aromatic carbocycles. The Balaban J connectivity index is 0. The Bertz CT molecular complexity index is 238. The minimum Gasteiger partial charge on any atom is -1.00 e. The quantitative estimate of drug-likeness (QED) is 0.209. The summed E-state index contributed by atoms with van der Waals surface area (Å²) in [7, 11) is 2.41. The third-order valence-corrected chi connectivity index (χ3v) is 6.08. The third-order valence-electron chi connectivity index (χ3n) is 6.08. The van der Waals surface area contributed by atoms with Gasteiger partial charge in [-0.2, -0.15) is 0 Å².